The summed E-state index contributed by atoms with van der Waals surface area (Å²) in [6.45, 7) is 4.52. The third-order valence-corrected chi connectivity index (χ3v) is 8.98. The molecule has 0 aliphatic carbocycles. The van der Waals surface area contributed by atoms with Gasteiger partial charge in [-0.1, -0.05) is 123 Å². The molecule has 46 heavy (non-hydrogen) atoms. The van der Waals surface area contributed by atoms with Crippen molar-refractivity contribution < 1.29 is 4.74 Å². The Morgan fingerprint density at radius 3 is 2.11 bits per heavy atom. The molecule has 2 heterocycles. The minimum atomic E-state index is -0.175. The maximum absolute atomic E-state index is 9.42. The molecule has 6 aromatic carbocycles. The highest BCUT2D eigenvalue weighted by Gasteiger charge is 2.35. The average Bonchev–Trinajstić information content (AvgIpc) is 3.11. The maximum Gasteiger partial charge on any atom is 0.160 e. The van der Waals surface area contributed by atoms with Gasteiger partial charge in [0.05, 0.1) is 22.8 Å². The Labute approximate surface area is 268 Å². The van der Waals surface area contributed by atoms with E-state index in [0.29, 0.717) is 11.4 Å². The summed E-state index contributed by atoms with van der Waals surface area (Å²) >= 11 is 0. The van der Waals surface area contributed by atoms with Gasteiger partial charge in [-0.25, -0.2) is 9.97 Å². The van der Waals surface area contributed by atoms with Crippen LogP contribution in [0.4, 0.5) is 0 Å². The van der Waals surface area contributed by atoms with E-state index in [0.717, 1.165) is 61.5 Å². The molecule has 1 aromatic heterocycles. The normalized spacial score (nSPS) is 12.9. The van der Waals surface area contributed by atoms with Crippen molar-refractivity contribution in [3.05, 3.63) is 156 Å². The van der Waals surface area contributed by atoms with E-state index in [-0.39, 0.29) is 5.41 Å². The van der Waals surface area contributed by atoms with E-state index in [2.05, 4.69) is 98.8 Å². The molecule has 1 aliphatic heterocycles. The lowest BCUT2D eigenvalue weighted by Gasteiger charge is -2.35. The Balaban J connectivity index is 1.19. The Hall–Kier alpha value is -6.05. The number of para-hydroxylation sites is 3. The quantitative estimate of drug-likeness (QED) is 0.204. The molecule has 0 unspecified atom stereocenters. The predicted molar refractivity (Wildman–Crippen MR) is 185 cm³/mol. The van der Waals surface area contributed by atoms with Gasteiger partial charge in [0.2, 0.25) is 0 Å². The number of benzene rings is 6. The smallest absolute Gasteiger partial charge is 0.160 e. The highest BCUT2D eigenvalue weighted by Crippen LogP contribution is 2.51. The van der Waals surface area contributed by atoms with Crippen LogP contribution in [0.3, 0.4) is 0 Å². The van der Waals surface area contributed by atoms with Crippen LogP contribution in [-0.4, -0.2) is 9.97 Å². The fraction of sp³-hybridized carbons (Fsp3) is 0.0714. The van der Waals surface area contributed by atoms with E-state index in [1.54, 1.807) is 0 Å². The first-order chi connectivity index (χ1) is 22.5. The number of hydrogen-bond acceptors (Lipinski definition) is 4. The third-order valence-electron chi connectivity index (χ3n) is 8.98. The van der Waals surface area contributed by atoms with Crippen LogP contribution in [0, 0.1) is 11.3 Å². The van der Waals surface area contributed by atoms with Gasteiger partial charge in [0.1, 0.15) is 11.5 Å². The molecule has 0 radical (unpaired) electrons. The number of nitrogens with zero attached hydrogens (tertiary/aromatic N) is 3. The van der Waals surface area contributed by atoms with Crippen molar-refractivity contribution in [2.75, 3.05) is 0 Å². The molecule has 8 rings (SSSR count). The highest BCUT2D eigenvalue weighted by molar-refractivity contribution is 5.94. The number of ether oxygens (including phenoxy) is 1. The van der Waals surface area contributed by atoms with Crippen LogP contribution in [0.15, 0.2) is 140 Å². The minimum Gasteiger partial charge on any atom is -0.456 e. The first kappa shape index (κ1) is 27.5. The molecular weight excluding hydrogens is 562 g/mol. The van der Waals surface area contributed by atoms with Gasteiger partial charge in [0.15, 0.2) is 5.82 Å². The lowest BCUT2D eigenvalue weighted by atomic mass is 9.75. The van der Waals surface area contributed by atoms with Crippen molar-refractivity contribution in [1.29, 1.82) is 5.26 Å². The Bertz CT molecular complexity index is 2330. The number of fused-ring (bicyclic) bond motifs is 3. The molecule has 4 heteroatoms. The fourth-order valence-electron chi connectivity index (χ4n) is 6.53. The average molecular weight is 592 g/mol. The molecule has 0 atom stereocenters. The number of aromatic nitrogens is 2. The second-order valence-corrected chi connectivity index (χ2v) is 12.2. The van der Waals surface area contributed by atoms with Gasteiger partial charge in [-0.2, -0.15) is 5.26 Å². The van der Waals surface area contributed by atoms with Crippen LogP contribution in [0.2, 0.25) is 0 Å². The lowest BCUT2D eigenvalue weighted by Crippen LogP contribution is -2.24. The molecule has 0 bridgehead atoms. The molecule has 0 fully saturated rings. The Kier molecular flexibility index (Phi) is 6.48. The van der Waals surface area contributed by atoms with Crippen molar-refractivity contribution >= 4 is 10.9 Å². The molecule has 4 nitrogen and oxygen atoms in total. The zero-order valence-corrected chi connectivity index (χ0v) is 25.5. The van der Waals surface area contributed by atoms with E-state index in [1.807, 2.05) is 60.7 Å². The monoisotopic (exact) mass is 591 g/mol. The zero-order chi connectivity index (χ0) is 31.3. The standard InChI is InChI=1S/C42H29N3O/c1-42(2)35-16-4-6-19-38(35)46-40-33(15-9-17-36(40)42)28-20-22-29(23-21-28)41-44-37-18-5-3-14-34(37)39(45-41)32-13-8-12-31(25-32)30-11-7-10-27(24-30)26-43/h3-25H,1-2H3. The summed E-state index contributed by atoms with van der Waals surface area (Å²) in [6, 6.07) is 49.5. The zero-order valence-electron chi connectivity index (χ0n) is 25.5. The second-order valence-electron chi connectivity index (χ2n) is 12.2. The molecule has 218 valence electrons. The van der Waals surface area contributed by atoms with Crippen molar-refractivity contribution in [2.45, 2.75) is 19.3 Å². The van der Waals surface area contributed by atoms with Crippen molar-refractivity contribution in [3.63, 3.8) is 0 Å². The largest absolute Gasteiger partial charge is 0.456 e. The summed E-state index contributed by atoms with van der Waals surface area (Å²) in [4.78, 5) is 10.1. The van der Waals surface area contributed by atoms with E-state index in [4.69, 9.17) is 14.7 Å². The predicted octanol–water partition coefficient (Wildman–Crippen LogP) is 10.6. The molecule has 7 aromatic rings. The second kappa shape index (κ2) is 10.8. The summed E-state index contributed by atoms with van der Waals surface area (Å²) in [6.07, 6.45) is 0. The van der Waals surface area contributed by atoms with Crippen LogP contribution in [0.25, 0.3) is 55.8 Å². The van der Waals surface area contributed by atoms with Crippen molar-refractivity contribution in [3.8, 4) is 62.5 Å². The topological polar surface area (TPSA) is 58.8 Å². The van der Waals surface area contributed by atoms with Crippen molar-refractivity contribution in [1.82, 2.24) is 9.97 Å². The van der Waals surface area contributed by atoms with Gasteiger partial charge >= 0.3 is 0 Å². The number of hydrogen-bond donors (Lipinski definition) is 0. The number of nitriles is 1. The number of rotatable bonds is 4. The van der Waals surface area contributed by atoms with Gasteiger partial charge in [-0.3, -0.25) is 0 Å². The Morgan fingerprint density at radius 2 is 1.26 bits per heavy atom. The molecule has 0 N–H and O–H groups in total. The van der Waals surface area contributed by atoms with E-state index in [1.165, 1.54) is 11.1 Å². The minimum absolute atomic E-state index is 0.175. The molecule has 0 amide bonds. The van der Waals surface area contributed by atoms with E-state index >= 15 is 0 Å². The third kappa shape index (κ3) is 4.62. The van der Waals surface area contributed by atoms with Crippen LogP contribution in [0.1, 0.15) is 30.5 Å². The summed E-state index contributed by atoms with van der Waals surface area (Å²) in [5.74, 6) is 2.48. The van der Waals surface area contributed by atoms with Gasteiger partial charge < -0.3 is 4.74 Å². The van der Waals surface area contributed by atoms with Gasteiger partial charge in [0, 0.05) is 38.6 Å². The van der Waals surface area contributed by atoms with Gasteiger partial charge in [0.25, 0.3) is 0 Å². The fourth-order valence-corrected chi connectivity index (χ4v) is 6.53. The van der Waals surface area contributed by atoms with E-state index < -0.39 is 0 Å². The molecule has 0 spiro atoms. The lowest BCUT2D eigenvalue weighted by molar-refractivity contribution is 0.419. The van der Waals surface area contributed by atoms with Crippen molar-refractivity contribution in [2.24, 2.45) is 0 Å². The maximum atomic E-state index is 9.42. The summed E-state index contributed by atoms with van der Waals surface area (Å²) < 4.78 is 6.54. The van der Waals surface area contributed by atoms with Crippen LogP contribution >= 0.6 is 0 Å². The summed E-state index contributed by atoms with van der Waals surface area (Å²) in [5.41, 5.74) is 10.7. The van der Waals surface area contributed by atoms with Crippen LogP contribution in [-0.2, 0) is 5.41 Å². The molecule has 1 aliphatic rings. The summed E-state index contributed by atoms with van der Waals surface area (Å²) in [5, 5.41) is 10.4. The summed E-state index contributed by atoms with van der Waals surface area (Å²) in [7, 11) is 0. The van der Waals surface area contributed by atoms with Crippen LogP contribution in [0.5, 0.6) is 11.5 Å². The van der Waals surface area contributed by atoms with Gasteiger partial charge in [-0.15, -0.1) is 0 Å². The molecule has 0 saturated carbocycles. The van der Waals surface area contributed by atoms with Crippen LogP contribution < -0.4 is 4.74 Å². The first-order valence-corrected chi connectivity index (χ1v) is 15.4. The highest BCUT2D eigenvalue weighted by atomic mass is 16.5. The Morgan fingerprint density at radius 1 is 0.587 bits per heavy atom. The van der Waals surface area contributed by atoms with E-state index in [9.17, 15) is 5.26 Å². The SMILES string of the molecule is CC1(C)c2ccccc2Oc2c(-c3ccc(-c4nc(-c5cccc(-c6cccc(C#N)c6)c5)c5ccccc5n4)cc3)cccc21. The first-order valence-electron chi connectivity index (χ1n) is 15.4. The molecule has 0 saturated heterocycles. The van der Waals surface area contributed by atoms with Gasteiger partial charge in [-0.05, 0) is 47.0 Å². The molecular formula is C42H29N3O.